The zero-order chi connectivity index (χ0) is 20.3. The maximum atomic E-state index is 12.7. The quantitative estimate of drug-likeness (QED) is 0.624. The number of esters is 1. The number of carbonyl (C=O) groups is 1. The summed E-state index contributed by atoms with van der Waals surface area (Å²) in [5.74, 6) is -0.909. The van der Waals surface area contributed by atoms with E-state index in [4.69, 9.17) is 9.47 Å². The zero-order valence-corrected chi connectivity index (χ0v) is 14.7. The number of alkyl halides is 3. The van der Waals surface area contributed by atoms with Gasteiger partial charge in [-0.05, 0) is 37.3 Å². The van der Waals surface area contributed by atoms with Crippen molar-refractivity contribution < 1.29 is 27.4 Å². The molecule has 0 spiro atoms. The van der Waals surface area contributed by atoms with Crippen molar-refractivity contribution in [2.24, 2.45) is 0 Å². The van der Waals surface area contributed by atoms with Crippen molar-refractivity contribution in [1.29, 1.82) is 0 Å². The highest BCUT2D eigenvalue weighted by Crippen LogP contribution is 2.31. The molecule has 1 aromatic carbocycles. The molecule has 0 aliphatic heterocycles. The van der Waals surface area contributed by atoms with Gasteiger partial charge in [-0.2, -0.15) is 13.2 Å². The highest BCUT2D eigenvalue weighted by Gasteiger charge is 2.30. The smallest absolute Gasteiger partial charge is 0.416 e. The number of aryl methyl sites for hydroxylation is 1. The SMILES string of the molecule is Cc1cccc2nc(COC(=O)COc3cccc(C(F)(F)F)c3)cc(=O)n12. The number of hydrogen-bond donors (Lipinski definition) is 0. The van der Waals surface area contributed by atoms with Gasteiger partial charge in [-0.3, -0.25) is 9.20 Å². The molecule has 0 saturated carbocycles. The lowest BCUT2D eigenvalue weighted by Crippen LogP contribution is -2.19. The van der Waals surface area contributed by atoms with Gasteiger partial charge >= 0.3 is 12.1 Å². The second-order valence-corrected chi connectivity index (χ2v) is 5.92. The molecule has 0 radical (unpaired) electrons. The van der Waals surface area contributed by atoms with Gasteiger partial charge in [-0.25, -0.2) is 9.78 Å². The van der Waals surface area contributed by atoms with Gasteiger partial charge in [0, 0.05) is 11.8 Å². The average Bonchev–Trinajstić information content (AvgIpc) is 2.64. The minimum atomic E-state index is -4.51. The van der Waals surface area contributed by atoms with E-state index in [1.165, 1.54) is 22.6 Å². The van der Waals surface area contributed by atoms with Gasteiger partial charge in [-0.1, -0.05) is 12.1 Å². The van der Waals surface area contributed by atoms with Crippen molar-refractivity contribution in [3.8, 4) is 5.75 Å². The lowest BCUT2D eigenvalue weighted by atomic mass is 10.2. The van der Waals surface area contributed by atoms with E-state index >= 15 is 0 Å². The van der Waals surface area contributed by atoms with Crippen LogP contribution in [0.2, 0.25) is 0 Å². The van der Waals surface area contributed by atoms with Crippen LogP contribution in [0.4, 0.5) is 13.2 Å². The van der Waals surface area contributed by atoms with E-state index in [-0.39, 0.29) is 23.6 Å². The third kappa shape index (κ3) is 4.48. The number of pyridine rings is 1. The Kier molecular flexibility index (Phi) is 5.34. The summed E-state index contributed by atoms with van der Waals surface area (Å²) in [7, 11) is 0. The molecule has 0 unspecified atom stereocenters. The number of aromatic nitrogens is 2. The fourth-order valence-corrected chi connectivity index (χ4v) is 2.54. The highest BCUT2D eigenvalue weighted by atomic mass is 19.4. The van der Waals surface area contributed by atoms with Crippen LogP contribution in [0.15, 0.2) is 53.3 Å². The summed E-state index contributed by atoms with van der Waals surface area (Å²) in [6.07, 6.45) is -4.51. The predicted molar refractivity (Wildman–Crippen MR) is 92.9 cm³/mol. The van der Waals surface area contributed by atoms with Crippen LogP contribution in [0.3, 0.4) is 0 Å². The largest absolute Gasteiger partial charge is 0.482 e. The number of nitrogens with zero attached hydrogens (tertiary/aromatic N) is 2. The fraction of sp³-hybridized carbons (Fsp3) is 0.211. The number of halogens is 3. The molecule has 3 aromatic rings. The van der Waals surface area contributed by atoms with Crippen molar-refractivity contribution in [3.05, 3.63) is 75.8 Å². The zero-order valence-electron chi connectivity index (χ0n) is 14.7. The Balaban J connectivity index is 1.61. The summed E-state index contributed by atoms with van der Waals surface area (Å²) in [6.45, 7) is 0.929. The van der Waals surface area contributed by atoms with Crippen molar-refractivity contribution in [2.75, 3.05) is 6.61 Å². The van der Waals surface area contributed by atoms with Crippen molar-refractivity contribution in [1.82, 2.24) is 9.38 Å². The molecule has 0 aliphatic rings. The molecule has 3 rings (SSSR count). The molecule has 0 atom stereocenters. The Morgan fingerprint density at radius 3 is 2.64 bits per heavy atom. The van der Waals surface area contributed by atoms with Crippen LogP contribution >= 0.6 is 0 Å². The molecule has 0 N–H and O–H groups in total. The van der Waals surface area contributed by atoms with Crippen LogP contribution in [0.1, 0.15) is 17.0 Å². The van der Waals surface area contributed by atoms with E-state index in [1.54, 1.807) is 25.1 Å². The van der Waals surface area contributed by atoms with Gasteiger partial charge in [-0.15, -0.1) is 0 Å². The van der Waals surface area contributed by atoms with Crippen molar-refractivity contribution >= 4 is 11.6 Å². The van der Waals surface area contributed by atoms with E-state index < -0.39 is 24.3 Å². The number of benzene rings is 1. The summed E-state index contributed by atoms with van der Waals surface area (Å²) in [6, 6.07) is 10.6. The predicted octanol–water partition coefficient (Wildman–Crippen LogP) is 3.14. The van der Waals surface area contributed by atoms with Crippen LogP contribution in [0, 0.1) is 6.92 Å². The molecule has 2 heterocycles. The lowest BCUT2D eigenvalue weighted by Gasteiger charge is -2.10. The van der Waals surface area contributed by atoms with Crippen LogP contribution in [-0.2, 0) is 22.3 Å². The topological polar surface area (TPSA) is 69.9 Å². The Labute approximate surface area is 157 Å². The van der Waals surface area contributed by atoms with Crippen molar-refractivity contribution in [3.63, 3.8) is 0 Å². The second kappa shape index (κ2) is 7.71. The Morgan fingerprint density at radius 1 is 1.14 bits per heavy atom. The highest BCUT2D eigenvalue weighted by molar-refractivity contribution is 5.71. The average molecular weight is 392 g/mol. The van der Waals surface area contributed by atoms with Crippen LogP contribution in [-0.4, -0.2) is 22.0 Å². The summed E-state index contributed by atoms with van der Waals surface area (Å²) in [5, 5.41) is 0. The minimum Gasteiger partial charge on any atom is -0.482 e. The Bertz CT molecular complexity index is 1080. The Hall–Kier alpha value is -3.36. The van der Waals surface area contributed by atoms with Gasteiger partial charge in [0.15, 0.2) is 6.61 Å². The number of fused-ring (bicyclic) bond motifs is 1. The first kappa shape index (κ1) is 19.4. The third-order valence-electron chi connectivity index (χ3n) is 3.83. The molecule has 2 aromatic heterocycles. The molecular formula is C19H15F3N2O4. The molecular weight excluding hydrogens is 377 g/mol. The summed E-state index contributed by atoms with van der Waals surface area (Å²) < 4.78 is 49.4. The molecule has 28 heavy (non-hydrogen) atoms. The summed E-state index contributed by atoms with van der Waals surface area (Å²) in [5.41, 5.74) is 0.193. The molecule has 0 saturated heterocycles. The van der Waals surface area contributed by atoms with Gasteiger partial charge in [0.05, 0.1) is 11.3 Å². The lowest BCUT2D eigenvalue weighted by molar-refractivity contribution is -0.147. The molecule has 6 nitrogen and oxygen atoms in total. The molecule has 0 aliphatic carbocycles. The molecule has 0 bridgehead atoms. The van der Waals surface area contributed by atoms with Crippen molar-refractivity contribution in [2.45, 2.75) is 19.7 Å². The summed E-state index contributed by atoms with van der Waals surface area (Å²) in [4.78, 5) is 28.2. The first-order chi connectivity index (χ1) is 13.2. The fourth-order valence-electron chi connectivity index (χ4n) is 2.54. The number of hydrogen-bond acceptors (Lipinski definition) is 5. The first-order valence-electron chi connectivity index (χ1n) is 8.18. The molecule has 9 heteroatoms. The van der Waals surface area contributed by atoms with E-state index in [2.05, 4.69) is 4.98 Å². The van der Waals surface area contributed by atoms with Crippen LogP contribution < -0.4 is 10.3 Å². The van der Waals surface area contributed by atoms with Gasteiger partial charge < -0.3 is 9.47 Å². The van der Waals surface area contributed by atoms with Gasteiger partial charge in [0.25, 0.3) is 5.56 Å². The van der Waals surface area contributed by atoms with E-state index in [0.717, 1.165) is 12.1 Å². The van der Waals surface area contributed by atoms with Gasteiger partial charge in [0.2, 0.25) is 0 Å². The number of rotatable bonds is 5. The molecule has 146 valence electrons. The first-order valence-corrected chi connectivity index (χ1v) is 8.18. The van der Waals surface area contributed by atoms with Gasteiger partial charge in [0.1, 0.15) is 18.0 Å². The van der Waals surface area contributed by atoms with E-state index in [9.17, 15) is 22.8 Å². The third-order valence-corrected chi connectivity index (χ3v) is 3.83. The monoisotopic (exact) mass is 392 g/mol. The van der Waals surface area contributed by atoms with Crippen LogP contribution in [0.25, 0.3) is 5.65 Å². The van der Waals surface area contributed by atoms with Crippen LogP contribution in [0.5, 0.6) is 5.75 Å². The standard InChI is InChI=1S/C19H15F3N2O4/c1-12-4-2-7-16-23-14(9-17(25)24(12)16)10-28-18(26)11-27-15-6-3-5-13(8-15)19(20,21)22/h2-9H,10-11H2,1H3. The van der Waals surface area contributed by atoms with E-state index in [0.29, 0.717) is 11.3 Å². The summed E-state index contributed by atoms with van der Waals surface area (Å²) >= 11 is 0. The second-order valence-electron chi connectivity index (χ2n) is 5.92. The maximum absolute atomic E-state index is 12.7. The molecule has 0 amide bonds. The Morgan fingerprint density at radius 2 is 1.89 bits per heavy atom. The number of carbonyl (C=O) groups excluding carboxylic acids is 1. The maximum Gasteiger partial charge on any atom is 0.416 e. The van der Waals surface area contributed by atoms with E-state index in [1.807, 2.05) is 0 Å². The normalized spacial score (nSPS) is 11.4. The minimum absolute atomic E-state index is 0.107. The molecule has 0 fully saturated rings. The number of ether oxygens (including phenoxy) is 2.